The second kappa shape index (κ2) is 9.00. The van der Waals surface area contributed by atoms with Crippen LogP contribution in [0.3, 0.4) is 0 Å². The topological polar surface area (TPSA) is 33.1 Å². The molecule has 178 valence electrons. The van der Waals surface area contributed by atoms with Crippen molar-refractivity contribution in [2.75, 3.05) is 0 Å². The van der Waals surface area contributed by atoms with E-state index in [0.29, 0.717) is 11.7 Å². The van der Waals surface area contributed by atoms with E-state index < -0.39 is 0 Å². The highest BCUT2D eigenvalue weighted by Crippen LogP contribution is 2.43. The zero-order chi connectivity index (χ0) is 24.7. The van der Waals surface area contributed by atoms with Crippen LogP contribution in [0.25, 0.3) is 39.2 Å². The number of phenolic OH excluding ortho intramolecular Hbond substituents is 1. The highest BCUT2D eigenvalue weighted by molar-refractivity contribution is 5.98. The van der Waals surface area contributed by atoms with Crippen molar-refractivity contribution in [1.29, 1.82) is 0 Å². The number of pyridine rings is 1. The maximum atomic E-state index is 11.6. The summed E-state index contributed by atoms with van der Waals surface area (Å²) in [6, 6.07) is 19.7. The lowest BCUT2D eigenvalue weighted by Crippen LogP contribution is -2.12. The summed E-state index contributed by atoms with van der Waals surface area (Å²) in [5, 5.41) is 13.8. The first-order chi connectivity index (χ1) is 16.7. The summed E-state index contributed by atoms with van der Waals surface area (Å²) < 4.78 is 0. The highest BCUT2D eigenvalue weighted by Gasteiger charge is 2.24. The van der Waals surface area contributed by atoms with Gasteiger partial charge >= 0.3 is 0 Å². The Morgan fingerprint density at radius 1 is 0.943 bits per heavy atom. The zero-order valence-corrected chi connectivity index (χ0v) is 21.5. The fourth-order valence-electron chi connectivity index (χ4n) is 5.18. The summed E-state index contributed by atoms with van der Waals surface area (Å²) >= 11 is 0. The number of allylic oxidation sites excluding steroid dienone is 1. The number of phenols is 1. The Morgan fingerprint density at radius 3 is 2.40 bits per heavy atom. The predicted octanol–water partition coefficient (Wildman–Crippen LogP) is 8.95. The number of aromatic nitrogens is 1. The molecule has 1 aromatic heterocycles. The summed E-state index contributed by atoms with van der Waals surface area (Å²) in [6.07, 6.45) is 9.13. The summed E-state index contributed by atoms with van der Waals surface area (Å²) in [7, 11) is 0. The van der Waals surface area contributed by atoms with Gasteiger partial charge in [-0.1, -0.05) is 83.2 Å². The molecule has 35 heavy (non-hydrogen) atoms. The molecule has 0 aliphatic heterocycles. The minimum absolute atomic E-state index is 0.0708. The standard InChI is InChI=1S/C33H35NO/c1-21(2)22-10-12-23(13-11-22)24-14-15-28-26(18-24)16-17-34-31(28)29-19-25-8-6-7-9-27(25)30(32(29)35)20-33(3,4)5/h7,9-19,21,35H,6,8,20H2,1-5H3. The van der Waals surface area contributed by atoms with Crippen molar-refractivity contribution >= 4 is 16.8 Å². The lowest BCUT2D eigenvalue weighted by atomic mass is 9.81. The molecule has 2 heteroatoms. The van der Waals surface area contributed by atoms with E-state index in [1.165, 1.54) is 27.8 Å². The van der Waals surface area contributed by atoms with Crippen molar-refractivity contribution in [2.24, 2.45) is 5.41 Å². The predicted molar refractivity (Wildman–Crippen MR) is 149 cm³/mol. The first kappa shape index (κ1) is 23.4. The van der Waals surface area contributed by atoms with E-state index in [1.54, 1.807) is 0 Å². The van der Waals surface area contributed by atoms with Gasteiger partial charge in [-0.3, -0.25) is 4.98 Å². The molecule has 5 rings (SSSR count). The Labute approximate surface area is 209 Å². The lowest BCUT2D eigenvalue weighted by molar-refractivity contribution is 0.394. The maximum absolute atomic E-state index is 11.6. The van der Waals surface area contributed by atoms with Crippen molar-refractivity contribution in [3.63, 3.8) is 0 Å². The van der Waals surface area contributed by atoms with Crippen LogP contribution in [0.5, 0.6) is 5.75 Å². The Bertz CT molecular complexity index is 1420. The molecular formula is C33H35NO. The SMILES string of the molecule is CC(C)c1ccc(-c2ccc3c(-c4cc5c(c(CC(C)(C)C)c4O)C=CCC5)nccc3c2)cc1. The molecule has 1 aliphatic rings. The Hall–Kier alpha value is -3.39. The molecule has 4 aromatic rings. The van der Waals surface area contributed by atoms with Crippen molar-refractivity contribution in [1.82, 2.24) is 4.98 Å². The van der Waals surface area contributed by atoms with Crippen LogP contribution in [0.1, 0.15) is 69.2 Å². The Morgan fingerprint density at radius 2 is 1.69 bits per heavy atom. The highest BCUT2D eigenvalue weighted by atomic mass is 16.3. The van der Waals surface area contributed by atoms with E-state index >= 15 is 0 Å². The van der Waals surface area contributed by atoms with E-state index in [9.17, 15) is 5.11 Å². The molecule has 0 radical (unpaired) electrons. The van der Waals surface area contributed by atoms with Gasteiger partial charge in [0.1, 0.15) is 5.75 Å². The molecule has 0 spiro atoms. The van der Waals surface area contributed by atoms with Gasteiger partial charge in [-0.05, 0) is 82.0 Å². The van der Waals surface area contributed by atoms with E-state index in [1.807, 2.05) is 6.20 Å². The molecule has 0 fully saturated rings. The van der Waals surface area contributed by atoms with Crippen LogP contribution < -0.4 is 0 Å². The van der Waals surface area contributed by atoms with Crippen molar-refractivity contribution in [2.45, 2.75) is 59.8 Å². The average molecular weight is 462 g/mol. The van der Waals surface area contributed by atoms with Crippen molar-refractivity contribution in [3.8, 4) is 28.1 Å². The van der Waals surface area contributed by atoms with Crippen LogP contribution in [-0.2, 0) is 12.8 Å². The summed E-state index contributed by atoms with van der Waals surface area (Å²) in [6.45, 7) is 11.1. The summed E-state index contributed by atoms with van der Waals surface area (Å²) in [4.78, 5) is 4.78. The smallest absolute Gasteiger partial charge is 0.128 e. The number of aryl methyl sites for hydroxylation is 1. The molecule has 1 N–H and O–H groups in total. The lowest BCUT2D eigenvalue weighted by Gasteiger charge is -2.25. The van der Waals surface area contributed by atoms with E-state index in [-0.39, 0.29) is 5.41 Å². The minimum Gasteiger partial charge on any atom is -0.507 e. The molecule has 0 atom stereocenters. The molecule has 2 nitrogen and oxygen atoms in total. The molecule has 0 saturated carbocycles. The molecule has 0 saturated heterocycles. The summed E-state index contributed by atoms with van der Waals surface area (Å²) in [5.74, 6) is 0.899. The molecular weight excluding hydrogens is 426 g/mol. The molecule has 1 heterocycles. The van der Waals surface area contributed by atoms with Gasteiger partial charge in [0.25, 0.3) is 0 Å². The van der Waals surface area contributed by atoms with E-state index in [2.05, 4.69) is 101 Å². The normalized spacial score (nSPS) is 13.4. The van der Waals surface area contributed by atoms with E-state index in [4.69, 9.17) is 4.98 Å². The molecule has 0 bridgehead atoms. The van der Waals surface area contributed by atoms with Gasteiger partial charge in [-0.2, -0.15) is 0 Å². The number of nitrogens with zero attached hydrogens (tertiary/aromatic N) is 1. The zero-order valence-electron chi connectivity index (χ0n) is 21.5. The van der Waals surface area contributed by atoms with Crippen LogP contribution in [0.15, 0.2) is 66.9 Å². The van der Waals surface area contributed by atoms with Crippen LogP contribution in [-0.4, -0.2) is 10.1 Å². The second-order valence-corrected chi connectivity index (χ2v) is 11.4. The van der Waals surface area contributed by atoms with Gasteiger partial charge in [0.2, 0.25) is 0 Å². The number of hydrogen-bond donors (Lipinski definition) is 1. The first-order valence-electron chi connectivity index (χ1n) is 12.7. The molecule has 0 amide bonds. The number of aromatic hydroxyl groups is 1. The third kappa shape index (κ3) is 4.62. The van der Waals surface area contributed by atoms with Gasteiger partial charge in [0.05, 0.1) is 5.69 Å². The quantitative estimate of drug-likeness (QED) is 0.329. The largest absolute Gasteiger partial charge is 0.507 e. The summed E-state index contributed by atoms with van der Waals surface area (Å²) in [5.41, 5.74) is 9.07. The molecule has 1 aliphatic carbocycles. The van der Waals surface area contributed by atoms with E-state index in [0.717, 1.165) is 46.9 Å². The third-order valence-corrected chi connectivity index (χ3v) is 7.03. The monoisotopic (exact) mass is 461 g/mol. The first-order valence-corrected chi connectivity index (χ1v) is 12.7. The van der Waals surface area contributed by atoms with Gasteiger partial charge in [0.15, 0.2) is 0 Å². The average Bonchev–Trinajstić information content (AvgIpc) is 2.84. The van der Waals surface area contributed by atoms with Gasteiger partial charge in [0, 0.05) is 22.7 Å². The minimum atomic E-state index is 0.0708. The van der Waals surface area contributed by atoms with Gasteiger partial charge in [-0.15, -0.1) is 0 Å². The second-order valence-electron chi connectivity index (χ2n) is 11.4. The fraction of sp³-hybridized carbons (Fsp3) is 0.303. The van der Waals surface area contributed by atoms with Crippen LogP contribution in [0, 0.1) is 5.41 Å². The maximum Gasteiger partial charge on any atom is 0.128 e. The third-order valence-electron chi connectivity index (χ3n) is 7.03. The van der Waals surface area contributed by atoms with Gasteiger partial charge in [-0.25, -0.2) is 0 Å². The number of fused-ring (bicyclic) bond motifs is 2. The van der Waals surface area contributed by atoms with Crippen molar-refractivity contribution < 1.29 is 5.11 Å². The van der Waals surface area contributed by atoms with Crippen LogP contribution >= 0.6 is 0 Å². The number of benzene rings is 3. The van der Waals surface area contributed by atoms with Gasteiger partial charge < -0.3 is 5.11 Å². The van der Waals surface area contributed by atoms with Crippen LogP contribution in [0.2, 0.25) is 0 Å². The van der Waals surface area contributed by atoms with Crippen LogP contribution in [0.4, 0.5) is 0 Å². The number of rotatable bonds is 4. The Kier molecular flexibility index (Phi) is 6.01. The molecule has 3 aromatic carbocycles. The number of hydrogen-bond acceptors (Lipinski definition) is 2. The Balaban J connectivity index is 1.63. The fourth-order valence-corrected chi connectivity index (χ4v) is 5.18. The van der Waals surface area contributed by atoms with Crippen molar-refractivity contribution in [3.05, 3.63) is 89.1 Å². The molecule has 0 unspecified atom stereocenters.